The number of pyridine rings is 1. The molecule has 0 aliphatic carbocycles. The number of carbonyl (C=O) groups is 2. The highest BCUT2D eigenvalue weighted by atomic mass is 32.2. The summed E-state index contributed by atoms with van der Waals surface area (Å²) >= 11 is 1.66. The Hall–Kier alpha value is -1.76. The molecule has 1 aromatic rings. The second kappa shape index (κ2) is 8.03. The van der Waals surface area contributed by atoms with Crippen molar-refractivity contribution < 1.29 is 14.7 Å². The molecule has 22 heavy (non-hydrogen) atoms. The summed E-state index contributed by atoms with van der Waals surface area (Å²) in [6.45, 7) is 3.39. The molecule has 1 aliphatic rings. The van der Waals surface area contributed by atoms with Crippen LogP contribution in [0.15, 0.2) is 23.4 Å². The normalized spacial score (nSPS) is 18.0. The van der Waals surface area contributed by atoms with Crippen molar-refractivity contribution in [2.24, 2.45) is 5.92 Å². The molecule has 0 spiro atoms. The van der Waals surface area contributed by atoms with Crippen LogP contribution >= 0.6 is 11.8 Å². The maximum absolute atomic E-state index is 12.2. The number of carbonyl (C=O) groups excluding carboxylic acids is 1. The van der Waals surface area contributed by atoms with Gasteiger partial charge in [0.15, 0.2) is 0 Å². The molecule has 1 fully saturated rings. The Kier molecular flexibility index (Phi) is 6.06. The molecule has 7 heteroatoms. The largest absolute Gasteiger partial charge is 0.481 e. The number of likely N-dealkylation sites (tertiary alicyclic amines) is 1. The molecule has 6 nitrogen and oxygen atoms in total. The van der Waals surface area contributed by atoms with Crippen LogP contribution in [-0.2, 0) is 11.3 Å². The van der Waals surface area contributed by atoms with E-state index in [4.69, 9.17) is 5.11 Å². The molecule has 1 unspecified atom stereocenters. The predicted octanol–water partition coefficient (Wildman–Crippen LogP) is 2.20. The highest BCUT2D eigenvalue weighted by Gasteiger charge is 2.27. The zero-order valence-electron chi connectivity index (χ0n) is 12.6. The molecule has 0 bridgehead atoms. The number of thioether (sulfide) groups is 1. The highest BCUT2D eigenvalue weighted by molar-refractivity contribution is 7.99. The van der Waals surface area contributed by atoms with E-state index in [0.29, 0.717) is 19.5 Å². The number of carboxylic acids is 1. The van der Waals surface area contributed by atoms with Gasteiger partial charge in [-0.1, -0.05) is 6.92 Å². The first-order valence-electron chi connectivity index (χ1n) is 7.43. The Morgan fingerprint density at radius 3 is 3.09 bits per heavy atom. The molecule has 1 aromatic heterocycles. The van der Waals surface area contributed by atoms with Crippen LogP contribution in [0.25, 0.3) is 0 Å². The predicted molar refractivity (Wildman–Crippen MR) is 84.8 cm³/mol. The van der Waals surface area contributed by atoms with Gasteiger partial charge in [0.05, 0.1) is 10.9 Å². The first kappa shape index (κ1) is 16.6. The lowest BCUT2D eigenvalue weighted by atomic mass is 9.99. The Morgan fingerprint density at radius 2 is 2.36 bits per heavy atom. The molecule has 1 aliphatic heterocycles. The summed E-state index contributed by atoms with van der Waals surface area (Å²) in [4.78, 5) is 29.0. The van der Waals surface area contributed by atoms with Crippen molar-refractivity contribution in [3.8, 4) is 0 Å². The first-order valence-corrected chi connectivity index (χ1v) is 8.42. The summed E-state index contributed by atoms with van der Waals surface area (Å²) in [5.41, 5.74) is 0.992. The summed E-state index contributed by atoms with van der Waals surface area (Å²) in [6.07, 6.45) is 3.11. The number of amides is 2. The van der Waals surface area contributed by atoms with Gasteiger partial charge in [0, 0.05) is 25.8 Å². The molecular weight excluding hydrogens is 302 g/mol. The molecule has 2 amide bonds. The number of rotatable bonds is 5. The van der Waals surface area contributed by atoms with E-state index in [9.17, 15) is 9.59 Å². The Labute approximate surface area is 134 Å². The summed E-state index contributed by atoms with van der Waals surface area (Å²) in [5, 5.41) is 12.9. The van der Waals surface area contributed by atoms with Crippen LogP contribution in [0.3, 0.4) is 0 Å². The van der Waals surface area contributed by atoms with Gasteiger partial charge in [-0.2, -0.15) is 0 Å². The molecule has 2 rings (SSSR count). The van der Waals surface area contributed by atoms with E-state index in [2.05, 4.69) is 17.2 Å². The SMILES string of the molecule is CCSc1cc(CNC(=O)N2CCCC(C(=O)O)C2)ccn1. The number of hydrogen-bond acceptors (Lipinski definition) is 4. The lowest BCUT2D eigenvalue weighted by Crippen LogP contribution is -2.46. The maximum atomic E-state index is 12.2. The van der Waals surface area contributed by atoms with E-state index in [1.807, 2.05) is 12.1 Å². The summed E-state index contributed by atoms with van der Waals surface area (Å²) in [7, 11) is 0. The van der Waals surface area contributed by atoms with Gasteiger partial charge >= 0.3 is 12.0 Å². The van der Waals surface area contributed by atoms with Gasteiger partial charge in [-0.05, 0) is 36.3 Å². The second-order valence-electron chi connectivity index (χ2n) is 5.22. The van der Waals surface area contributed by atoms with Crippen molar-refractivity contribution in [2.45, 2.75) is 31.3 Å². The third-order valence-electron chi connectivity index (χ3n) is 3.59. The van der Waals surface area contributed by atoms with Crippen molar-refractivity contribution in [1.82, 2.24) is 15.2 Å². The number of aromatic nitrogens is 1. The fourth-order valence-electron chi connectivity index (χ4n) is 2.44. The van der Waals surface area contributed by atoms with Crippen LogP contribution in [-0.4, -0.2) is 45.8 Å². The molecule has 1 atom stereocenters. The van der Waals surface area contributed by atoms with Gasteiger partial charge in [0.1, 0.15) is 0 Å². The second-order valence-corrected chi connectivity index (χ2v) is 6.50. The van der Waals surface area contributed by atoms with Crippen molar-refractivity contribution in [3.05, 3.63) is 23.9 Å². The van der Waals surface area contributed by atoms with Crippen LogP contribution < -0.4 is 5.32 Å². The molecule has 0 saturated carbocycles. The zero-order valence-corrected chi connectivity index (χ0v) is 13.4. The number of hydrogen-bond donors (Lipinski definition) is 2. The van der Waals surface area contributed by atoms with Crippen LogP contribution in [0.4, 0.5) is 4.79 Å². The lowest BCUT2D eigenvalue weighted by molar-refractivity contribution is -0.143. The minimum atomic E-state index is -0.826. The fraction of sp³-hybridized carbons (Fsp3) is 0.533. The molecule has 2 N–H and O–H groups in total. The monoisotopic (exact) mass is 323 g/mol. The molecule has 1 saturated heterocycles. The van der Waals surface area contributed by atoms with Gasteiger partial charge in [0.2, 0.25) is 0 Å². The van der Waals surface area contributed by atoms with Gasteiger partial charge in [-0.3, -0.25) is 4.79 Å². The number of nitrogens with one attached hydrogen (secondary N) is 1. The third kappa shape index (κ3) is 4.62. The summed E-state index contributed by atoms with van der Waals surface area (Å²) in [5.74, 6) is -0.325. The molecule has 120 valence electrons. The average molecular weight is 323 g/mol. The maximum Gasteiger partial charge on any atom is 0.317 e. The molecular formula is C15H21N3O3S. The number of carboxylic acid groups (broad SMARTS) is 1. The number of piperidine rings is 1. The molecule has 0 radical (unpaired) electrons. The van der Waals surface area contributed by atoms with Gasteiger partial charge < -0.3 is 15.3 Å². The Bertz CT molecular complexity index is 539. The van der Waals surface area contributed by atoms with Gasteiger partial charge in [-0.15, -0.1) is 11.8 Å². The number of aliphatic carboxylic acids is 1. The van der Waals surface area contributed by atoms with E-state index in [0.717, 1.165) is 22.8 Å². The van der Waals surface area contributed by atoms with E-state index in [-0.39, 0.29) is 12.6 Å². The smallest absolute Gasteiger partial charge is 0.317 e. The van der Waals surface area contributed by atoms with Crippen LogP contribution in [0.2, 0.25) is 0 Å². The summed E-state index contributed by atoms with van der Waals surface area (Å²) in [6, 6.07) is 3.63. The molecule has 0 aromatic carbocycles. The fourth-order valence-corrected chi connectivity index (χ4v) is 3.11. The molecule has 2 heterocycles. The van der Waals surface area contributed by atoms with Crippen LogP contribution in [0, 0.1) is 5.92 Å². The van der Waals surface area contributed by atoms with Crippen molar-refractivity contribution >= 4 is 23.8 Å². The average Bonchev–Trinajstić information content (AvgIpc) is 2.53. The number of nitrogens with zero attached hydrogens (tertiary/aromatic N) is 2. The first-order chi connectivity index (χ1) is 10.6. The van der Waals surface area contributed by atoms with Gasteiger partial charge in [0.25, 0.3) is 0 Å². The van der Waals surface area contributed by atoms with E-state index >= 15 is 0 Å². The topological polar surface area (TPSA) is 82.5 Å². The lowest BCUT2D eigenvalue weighted by Gasteiger charge is -2.30. The highest BCUT2D eigenvalue weighted by Crippen LogP contribution is 2.17. The van der Waals surface area contributed by atoms with E-state index < -0.39 is 11.9 Å². The third-order valence-corrected chi connectivity index (χ3v) is 4.40. The van der Waals surface area contributed by atoms with Crippen LogP contribution in [0.5, 0.6) is 0 Å². The van der Waals surface area contributed by atoms with Crippen LogP contribution in [0.1, 0.15) is 25.3 Å². The van der Waals surface area contributed by atoms with Crippen molar-refractivity contribution in [1.29, 1.82) is 0 Å². The quantitative estimate of drug-likeness (QED) is 0.812. The standard InChI is InChI=1S/C15H21N3O3S/c1-2-22-13-8-11(5-6-16-13)9-17-15(21)18-7-3-4-12(10-18)14(19)20/h5-6,8,12H,2-4,7,9-10H2,1H3,(H,17,21)(H,19,20). The van der Waals surface area contributed by atoms with E-state index in [1.165, 1.54) is 0 Å². The zero-order chi connectivity index (χ0) is 15.9. The Balaban J connectivity index is 1.87. The number of urea groups is 1. The van der Waals surface area contributed by atoms with Crippen molar-refractivity contribution in [2.75, 3.05) is 18.8 Å². The van der Waals surface area contributed by atoms with E-state index in [1.54, 1.807) is 22.9 Å². The van der Waals surface area contributed by atoms with Gasteiger partial charge in [-0.25, -0.2) is 9.78 Å². The summed E-state index contributed by atoms with van der Waals surface area (Å²) < 4.78 is 0. The van der Waals surface area contributed by atoms with Crippen molar-refractivity contribution in [3.63, 3.8) is 0 Å². The Morgan fingerprint density at radius 1 is 1.55 bits per heavy atom. The minimum absolute atomic E-state index is 0.201. The minimum Gasteiger partial charge on any atom is -0.481 e.